The molecule has 5 heteroatoms. The first-order valence-corrected chi connectivity index (χ1v) is 4.43. The van der Waals surface area contributed by atoms with Gasteiger partial charge in [-0.15, -0.1) is 0 Å². The molecule has 0 bridgehead atoms. The monoisotopic (exact) mass is 238 g/mol. The van der Waals surface area contributed by atoms with Gasteiger partial charge < -0.3 is 4.74 Å². The molecule has 2 nitrogen and oxygen atoms in total. The van der Waals surface area contributed by atoms with E-state index in [0.29, 0.717) is 5.75 Å². The smallest absolute Gasteiger partial charge is 0.253 e. The van der Waals surface area contributed by atoms with E-state index in [4.69, 9.17) is 39.5 Å². The van der Waals surface area contributed by atoms with E-state index in [-0.39, 0.29) is 15.6 Å². The minimum atomic E-state index is -0.644. The molecule has 0 fully saturated rings. The van der Waals surface area contributed by atoms with Crippen LogP contribution in [-0.2, 0) is 0 Å². The summed E-state index contributed by atoms with van der Waals surface area (Å²) >= 11 is 16.8. The Balaban J connectivity index is 3.31. The highest BCUT2D eigenvalue weighted by molar-refractivity contribution is 6.69. The molecule has 0 heterocycles. The van der Waals surface area contributed by atoms with Gasteiger partial charge in [0.1, 0.15) is 10.8 Å². The number of ether oxygens (including phenoxy) is 1. The molecule has 0 aliphatic heterocycles. The van der Waals surface area contributed by atoms with Crippen molar-refractivity contribution in [3.63, 3.8) is 0 Å². The third-order valence-electron chi connectivity index (χ3n) is 1.48. The molecular weight excluding hydrogens is 234 g/mol. The predicted octanol–water partition coefficient (Wildman–Crippen LogP) is 3.38. The van der Waals surface area contributed by atoms with E-state index >= 15 is 0 Å². The van der Waals surface area contributed by atoms with Crippen LogP contribution in [0.2, 0.25) is 10.0 Å². The van der Waals surface area contributed by atoms with Crippen LogP contribution in [-0.4, -0.2) is 12.4 Å². The van der Waals surface area contributed by atoms with Crippen molar-refractivity contribution in [3.05, 3.63) is 27.7 Å². The first-order chi connectivity index (χ1) is 6.07. The van der Waals surface area contributed by atoms with Crippen LogP contribution in [0, 0.1) is 0 Å². The standard InChI is InChI=1S/C8H5Cl3O2/c1-13-5-3-2-4(8(11)12)6(9)7(5)10/h2-3H,1H3. The zero-order valence-electron chi connectivity index (χ0n) is 6.61. The van der Waals surface area contributed by atoms with Crippen molar-refractivity contribution in [3.8, 4) is 5.75 Å². The van der Waals surface area contributed by atoms with Gasteiger partial charge in [0.15, 0.2) is 0 Å². The van der Waals surface area contributed by atoms with Gasteiger partial charge in [-0.05, 0) is 23.7 Å². The molecule has 0 N–H and O–H groups in total. The summed E-state index contributed by atoms with van der Waals surface area (Å²) in [5, 5.41) is -0.341. The van der Waals surface area contributed by atoms with Gasteiger partial charge >= 0.3 is 0 Å². The summed E-state index contributed by atoms with van der Waals surface area (Å²) in [6.45, 7) is 0. The molecule has 0 aromatic heterocycles. The van der Waals surface area contributed by atoms with Crippen LogP contribution in [0.4, 0.5) is 0 Å². The van der Waals surface area contributed by atoms with Crippen molar-refractivity contribution < 1.29 is 9.53 Å². The first kappa shape index (κ1) is 10.6. The van der Waals surface area contributed by atoms with Crippen LogP contribution in [0.3, 0.4) is 0 Å². The van der Waals surface area contributed by atoms with Gasteiger partial charge in [-0.1, -0.05) is 23.2 Å². The third kappa shape index (κ3) is 2.08. The van der Waals surface area contributed by atoms with Crippen LogP contribution in [0.1, 0.15) is 10.4 Å². The van der Waals surface area contributed by atoms with Crippen molar-refractivity contribution in [1.29, 1.82) is 0 Å². The Kier molecular flexibility index (Phi) is 3.42. The fraction of sp³-hybridized carbons (Fsp3) is 0.125. The second kappa shape index (κ2) is 4.18. The van der Waals surface area contributed by atoms with E-state index in [2.05, 4.69) is 0 Å². The average molecular weight is 239 g/mol. The van der Waals surface area contributed by atoms with E-state index in [9.17, 15) is 4.79 Å². The molecule has 70 valence electrons. The van der Waals surface area contributed by atoms with Crippen LogP contribution in [0.25, 0.3) is 0 Å². The summed E-state index contributed by atoms with van der Waals surface area (Å²) in [6.07, 6.45) is 0. The fourth-order valence-corrected chi connectivity index (χ4v) is 1.53. The largest absolute Gasteiger partial charge is 0.495 e. The zero-order chi connectivity index (χ0) is 10.0. The third-order valence-corrected chi connectivity index (χ3v) is 2.55. The van der Waals surface area contributed by atoms with Crippen LogP contribution in [0.5, 0.6) is 5.75 Å². The Morgan fingerprint density at radius 2 is 1.92 bits per heavy atom. The normalized spacial score (nSPS) is 9.85. The SMILES string of the molecule is COc1ccc(C(=O)Cl)c(Cl)c1Cl. The Labute approximate surface area is 90.3 Å². The number of benzene rings is 1. The molecule has 13 heavy (non-hydrogen) atoms. The molecule has 1 rings (SSSR count). The van der Waals surface area contributed by atoms with Gasteiger partial charge in [0.2, 0.25) is 0 Å². The molecule has 0 unspecified atom stereocenters. The second-order valence-corrected chi connectivity index (χ2v) is 3.32. The number of rotatable bonds is 2. The first-order valence-electron chi connectivity index (χ1n) is 3.29. The lowest BCUT2D eigenvalue weighted by Crippen LogP contribution is -1.93. The molecule has 1 aromatic rings. The van der Waals surface area contributed by atoms with Gasteiger partial charge in [-0.2, -0.15) is 0 Å². The van der Waals surface area contributed by atoms with Gasteiger partial charge in [-0.3, -0.25) is 4.79 Å². The molecule has 0 aliphatic rings. The van der Waals surface area contributed by atoms with E-state index in [0.717, 1.165) is 0 Å². The lowest BCUT2D eigenvalue weighted by molar-refractivity contribution is 0.108. The van der Waals surface area contributed by atoms with Crippen molar-refractivity contribution >= 4 is 40.0 Å². The molecule has 0 spiro atoms. The van der Waals surface area contributed by atoms with E-state index < -0.39 is 5.24 Å². The maximum Gasteiger partial charge on any atom is 0.253 e. The molecule has 0 radical (unpaired) electrons. The lowest BCUT2D eigenvalue weighted by Gasteiger charge is -2.06. The fourth-order valence-electron chi connectivity index (χ4n) is 0.841. The van der Waals surface area contributed by atoms with Crippen molar-refractivity contribution in [1.82, 2.24) is 0 Å². The maximum atomic E-state index is 10.8. The average Bonchev–Trinajstić information content (AvgIpc) is 2.09. The molecule has 0 aliphatic carbocycles. The molecule has 0 atom stereocenters. The summed E-state index contributed by atoms with van der Waals surface area (Å²) in [5.74, 6) is 0.410. The minimum absolute atomic E-state index is 0.112. The van der Waals surface area contributed by atoms with Crippen molar-refractivity contribution in [2.75, 3.05) is 7.11 Å². The molecule has 1 aromatic carbocycles. The summed E-state index contributed by atoms with van der Waals surface area (Å²) in [7, 11) is 1.46. The summed E-state index contributed by atoms with van der Waals surface area (Å²) in [6, 6.07) is 2.99. The van der Waals surface area contributed by atoms with Gasteiger partial charge in [-0.25, -0.2) is 0 Å². The van der Waals surface area contributed by atoms with Gasteiger partial charge in [0.05, 0.1) is 17.7 Å². The summed E-state index contributed by atoms with van der Waals surface area (Å²) in [5.41, 5.74) is 0.175. The molecule has 0 amide bonds. The molecule has 0 saturated carbocycles. The van der Waals surface area contributed by atoms with Gasteiger partial charge in [0, 0.05) is 0 Å². The highest BCUT2D eigenvalue weighted by Crippen LogP contribution is 2.34. The number of carbonyl (C=O) groups is 1. The predicted molar refractivity (Wildman–Crippen MR) is 53.2 cm³/mol. The number of halogens is 3. The molecular formula is C8H5Cl3O2. The number of carbonyl (C=O) groups excluding carboxylic acids is 1. The number of methoxy groups -OCH3 is 1. The van der Waals surface area contributed by atoms with E-state index in [1.54, 1.807) is 0 Å². The zero-order valence-corrected chi connectivity index (χ0v) is 8.87. The van der Waals surface area contributed by atoms with Gasteiger partial charge in [0.25, 0.3) is 5.24 Å². The second-order valence-electron chi connectivity index (χ2n) is 2.22. The topological polar surface area (TPSA) is 26.3 Å². The Morgan fingerprint density at radius 1 is 1.31 bits per heavy atom. The quantitative estimate of drug-likeness (QED) is 0.740. The van der Waals surface area contributed by atoms with Crippen LogP contribution in [0.15, 0.2) is 12.1 Å². The Morgan fingerprint density at radius 3 is 2.38 bits per heavy atom. The maximum absolute atomic E-state index is 10.8. The Bertz CT molecular complexity index is 349. The highest BCUT2D eigenvalue weighted by atomic mass is 35.5. The Hall–Kier alpha value is -0.440. The number of hydrogen-bond donors (Lipinski definition) is 0. The van der Waals surface area contributed by atoms with Crippen LogP contribution >= 0.6 is 34.8 Å². The van der Waals surface area contributed by atoms with E-state index in [1.807, 2.05) is 0 Å². The number of hydrogen-bond acceptors (Lipinski definition) is 2. The summed E-state index contributed by atoms with van der Waals surface area (Å²) < 4.78 is 4.89. The highest BCUT2D eigenvalue weighted by Gasteiger charge is 2.14. The van der Waals surface area contributed by atoms with Crippen molar-refractivity contribution in [2.24, 2.45) is 0 Å². The lowest BCUT2D eigenvalue weighted by atomic mass is 10.2. The minimum Gasteiger partial charge on any atom is -0.495 e. The van der Waals surface area contributed by atoms with Crippen LogP contribution < -0.4 is 4.74 Å². The summed E-state index contributed by atoms with van der Waals surface area (Å²) in [4.78, 5) is 10.8. The molecule has 0 saturated heterocycles. The van der Waals surface area contributed by atoms with E-state index in [1.165, 1.54) is 19.2 Å². The van der Waals surface area contributed by atoms with Crippen molar-refractivity contribution in [2.45, 2.75) is 0 Å².